The predicted octanol–water partition coefficient (Wildman–Crippen LogP) is 3.14. The van der Waals surface area contributed by atoms with E-state index in [0.29, 0.717) is 25.3 Å². The number of nitrogens with zero attached hydrogens (tertiary/aromatic N) is 3. The van der Waals surface area contributed by atoms with Crippen LogP contribution in [0.15, 0.2) is 41.4 Å². The van der Waals surface area contributed by atoms with Crippen LogP contribution in [-0.2, 0) is 23.6 Å². The van der Waals surface area contributed by atoms with Crippen LogP contribution in [0.1, 0.15) is 48.2 Å². The Balaban J connectivity index is 1.58. The molecular weight excluding hydrogens is 393 g/mol. The fourth-order valence-corrected chi connectivity index (χ4v) is 5.42. The Morgan fingerprint density at radius 2 is 1.79 bits per heavy atom. The number of carbonyl (C=O) groups excluding carboxylic acids is 1. The summed E-state index contributed by atoms with van der Waals surface area (Å²) in [6.45, 7) is 1.43. The van der Waals surface area contributed by atoms with Gasteiger partial charge in [-0.1, -0.05) is 18.6 Å². The lowest BCUT2D eigenvalue weighted by molar-refractivity contribution is 0.0720. The van der Waals surface area contributed by atoms with Crippen LogP contribution in [0.4, 0.5) is 4.39 Å². The van der Waals surface area contributed by atoms with Gasteiger partial charge in [0.05, 0.1) is 0 Å². The van der Waals surface area contributed by atoms with E-state index in [0.717, 1.165) is 37.7 Å². The maximum Gasteiger partial charge on any atom is 0.271 e. The Kier molecular flexibility index (Phi) is 5.48. The fourth-order valence-electron chi connectivity index (χ4n) is 3.83. The summed E-state index contributed by atoms with van der Waals surface area (Å²) >= 11 is 0. The van der Waals surface area contributed by atoms with E-state index in [9.17, 15) is 17.6 Å². The maximum absolute atomic E-state index is 13.3. The molecule has 1 saturated carbocycles. The smallest absolute Gasteiger partial charge is 0.271 e. The van der Waals surface area contributed by atoms with Crippen molar-refractivity contribution < 1.29 is 17.6 Å². The van der Waals surface area contributed by atoms with Crippen molar-refractivity contribution in [3.05, 3.63) is 53.6 Å². The van der Waals surface area contributed by atoms with Gasteiger partial charge in [-0.2, -0.15) is 4.31 Å². The van der Waals surface area contributed by atoms with Crippen LogP contribution in [0.5, 0.6) is 0 Å². The van der Waals surface area contributed by atoms with E-state index in [1.54, 1.807) is 28.6 Å². The Morgan fingerprint density at radius 1 is 1.14 bits per heavy atom. The van der Waals surface area contributed by atoms with Crippen molar-refractivity contribution in [1.82, 2.24) is 13.8 Å². The zero-order chi connectivity index (χ0) is 20.6. The van der Waals surface area contributed by atoms with Crippen molar-refractivity contribution in [3.63, 3.8) is 0 Å². The lowest BCUT2D eigenvalue weighted by Crippen LogP contribution is -2.35. The molecule has 0 radical (unpaired) electrons. The number of halogens is 1. The quantitative estimate of drug-likeness (QED) is 0.723. The summed E-state index contributed by atoms with van der Waals surface area (Å²) in [5.74, 6) is -0.507. The standard InChI is InChI=1S/C21H26FN3O3S/c1-23-15-19(29(27,28)24-11-3-2-4-12-24)13-20(23)21(26)25(18-9-10-18)14-16-5-7-17(22)8-6-16/h5-8,13,15,18H,2-4,9-12,14H2,1H3. The molecule has 4 rings (SSSR count). The molecule has 0 bridgehead atoms. The van der Waals surface area contributed by atoms with Gasteiger partial charge in [0.2, 0.25) is 10.0 Å². The van der Waals surface area contributed by atoms with Gasteiger partial charge >= 0.3 is 0 Å². The largest absolute Gasteiger partial charge is 0.345 e. The molecule has 1 aliphatic carbocycles. The van der Waals surface area contributed by atoms with Gasteiger partial charge in [-0.25, -0.2) is 12.8 Å². The minimum atomic E-state index is -3.59. The summed E-state index contributed by atoms with van der Waals surface area (Å²) < 4.78 is 42.2. The van der Waals surface area contributed by atoms with E-state index in [1.807, 2.05) is 0 Å². The van der Waals surface area contributed by atoms with Crippen molar-refractivity contribution in [1.29, 1.82) is 0 Å². The van der Waals surface area contributed by atoms with Gasteiger partial charge < -0.3 is 9.47 Å². The molecule has 0 N–H and O–H groups in total. The topological polar surface area (TPSA) is 62.6 Å². The molecule has 1 aliphatic heterocycles. The predicted molar refractivity (Wildman–Crippen MR) is 107 cm³/mol. The number of aryl methyl sites for hydroxylation is 1. The molecule has 6 nitrogen and oxygen atoms in total. The molecule has 0 atom stereocenters. The normalized spacial score (nSPS) is 18.0. The molecule has 2 fully saturated rings. The fraction of sp³-hybridized carbons (Fsp3) is 0.476. The number of piperidine rings is 1. The van der Waals surface area contributed by atoms with Gasteiger partial charge in [-0.05, 0) is 49.4 Å². The summed E-state index contributed by atoms with van der Waals surface area (Å²) in [4.78, 5) is 15.2. The van der Waals surface area contributed by atoms with Crippen LogP contribution in [0.2, 0.25) is 0 Å². The molecule has 8 heteroatoms. The highest BCUT2D eigenvalue weighted by atomic mass is 32.2. The summed E-state index contributed by atoms with van der Waals surface area (Å²) in [6, 6.07) is 7.76. The molecule has 0 spiro atoms. The third-order valence-corrected chi connectivity index (χ3v) is 7.53. The summed E-state index contributed by atoms with van der Waals surface area (Å²) in [5.41, 5.74) is 1.21. The molecule has 2 aromatic rings. The molecule has 2 heterocycles. The van der Waals surface area contributed by atoms with E-state index in [1.165, 1.54) is 28.7 Å². The monoisotopic (exact) mass is 419 g/mol. The minimum Gasteiger partial charge on any atom is -0.345 e. The first kappa shape index (κ1) is 20.1. The van der Waals surface area contributed by atoms with Crippen LogP contribution in [-0.4, -0.2) is 47.2 Å². The lowest BCUT2D eigenvalue weighted by atomic mass is 10.2. The van der Waals surface area contributed by atoms with E-state index in [2.05, 4.69) is 0 Å². The van der Waals surface area contributed by atoms with Gasteiger partial charge in [-0.15, -0.1) is 0 Å². The number of rotatable bonds is 6. The molecule has 0 unspecified atom stereocenters. The van der Waals surface area contributed by atoms with Crippen molar-refractivity contribution in [2.24, 2.45) is 7.05 Å². The second-order valence-electron chi connectivity index (χ2n) is 7.93. The highest BCUT2D eigenvalue weighted by Crippen LogP contribution is 2.31. The Morgan fingerprint density at radius 3 is 2.41 bits per heavy atom. The van der Waals surface area contributed by atoms with E-state index in [4.69, 9.17) is 0 Å². The van der Waals surface area contributed by atoms with E-state index < -0.39 is 10.0 Å². The van der Waals surface area contributed by atoms with Gasteiger partial charge in [0.1, 0.15) is 16.4 Å². The zero-order valence-electron chi connectivity index (χ0n) is 16.6. The highest BCUT2D eigenvalue weighted by Gasteiger charge is 2.35. The van der Waals surface area contributed by atoms with Crippen LogP contribution in [0.3, 0.4) is 0 Å². The molecule has 1 amide bonds. The molecular formula is C21H26FN3O3S. The average molecular weight is 420 g/mol. The van der Waals surface area contributed by atoms with Crippen LogP contribution >= 0.6 is 0 Å². The van der Waals surface area contributed by atoms with Crippen molar-refractivity contribution >= 4 is 15.9 Å². The van der Waals surface area contributed by atoms with E-state index >= 15 is 0 Å². The number of sulfonamides is 1. The van der Waals surface area contributed by atoms with Crippen molar-refractivity contribution in [2.45, 2.75) is 49.6 Å². The number of benzene rings is 1. The SMILES string of the molecule is Cn1cc(S(=O)(=O)N2CCCCC2)cc1C(=O)N(Cc1ccc(F)cc1)C1CC1. The third-order valence-electron chi connectivity index (χ3n) is 5.67. The summed E-state index contributed by atoms with van der Waals surface area (Å²) in [6.07, 6.45) is 6.16. The first-order valence-corrected chi connectivity index (χ1v) is 11.5. The Bertz CT molecular complexity index is 991. The van der Waals surface area contributed by atoms with E-state index in [-0.39, 0.29) is 22.7 Å². The second kappa shape index (κ2) is 7.91. The van der Waals surface area contributed by atoms with Gasteiger partial charge in [0, 0.05) is 38.9 Å². The van der Waals surface area contributed by atoms with Crippen LogP contribution in [0.25, 0.3) is 0 Å². The maximum atomic E-state index is 13.3. The number of amides is 1. The Hall–Kier alpha value is -2.19. The molecule has 1 aromatic heterocycles. The summed E-state index contributed by atoms with van der Waals surface area (Å²) in [5, 5.41) is 0. The molecule has 1 aromatic carbocycles. The number of carbonyl (C=O) groups is 1. The van der Waals surface area contributed by atoms with Crippen molar-refractivity contribution in [2.75, 3.05) is 13.1 Å². The third kappa shape index (κ3) is 4.23. The zero-order valence-corrected chi connectivity index (χ0v) is 17.4. The minimum absolute atomic E-state index is 0.143. The number of aromatic nitrogens is 1. The average Bonchev–Trinajstić information content (AvgIpc) is 3.48. The lowest BCUT2D eigenvalue weighted by Gasteiger charge is -2.25. The highest BCUT2D eigenvalue weighted by molar-refractivity contribution is 7.89. The van der Waals surface area contributed by atoms with Gasteiger partial charge in [-0.3, -0.25) is 4.79 Å². The first-order valence-electron chi connectivity index (χ1n) is 10.1. The molecule has 156 valence electrons. The number of hydrogen-bond donors (Lipinski definition) is 0. The van der Waals surface area contributed by atoms with Crippen molar-refractivity contribution in [3.8, 4) is 0 Å². The molecule has 29 heavy (non-hydrogen) atoms. The second-order valence-corrected chi connectivity index (χ2v) is 9.87. The van der Waals surface area contributed by atoms with Crippen LogP contribution in [0, 0.1) is 5.82 Å². The molecule has 2 aliphatic rings. The van der Waals surface area contributed by atoms with Gasteiger partial charge in [0.15, 0.2) is 0 Å². The summed E-state index contributed by atoms with van der Waals surface area (Å²) in [7, 11) is -1.89. The number of hydrogen-bond acceptors (Lipinski definition) is 3. The van der Waals surface area contributed by atoms with Crippen LogP contribution < -0.4 is 0 Å². The molecule has 1 saturated heterocycles. The first-order chi connectivity index (χ1) is 13.9. The Labute approximate surface area is 171 Å². The van der Waals surface area contributed by atoms with Gasteiger partial charge in [0.25, 0.3) is 5.91 Å².